The minimum atomic E-state index is -3.80. The molecule has 1 fully saturated rings. The van der Waals surface area contributed by atoms with E-state index in [0.717, 1.165) is 44.9 Å². The fourth-order valence-electron chi connectivity index (χ4n) is 2.17. The highest BCUT2D eigenvalue weighted by Crippen LogP contribution is 2.52. The van der Waals surface area contributed by atoms with Crippen molar-refractivity contribution in [2.75, 3.05) is 6.16 Å². The van der Waals surface area contributed by atoms with Gasteiger partial charge in [0.05, 0.1) is 12.3 Å². The molecule has 2 nitrogen and oxygen atoms in total. The van der Waals surface area contributed by atoms with E-state index in [1.54, 1.807) is 0 Å². The fraction of sp³-hybridized carbons (Fsp3) is 1.00. The van der Waals surface area contributed by atoms with Crippen LogP contribution in [0.1, 0.15) is 64.7 Å². The van der Waals surface area contributed by atoms with Crippen molar-refractivity contribution in [2.45, 2.75) is 70.8 Å². The largest absolute Gasteiger partial charge is 0.367 e. The number of unbranched alkanes of at least 4 members (excludes halogenated alkanes) is 3. The Kier molecular flexibility index (Phi) is 6.60. The van der Waals surface area contributed by atoms with Gasteiger partial charge in [0.15, 0.2) is 0 Å². The molecule has 0 radical (unpaired) electrons. The molecule has 1 unspecified atom stereocenters. The van der Waals surface area contributed by atoms with E-state index in [0.29, 0.717) is 6.42 Å². The second-order valence-corrected chi connectivity index (χ2v) is 6.58. The van der Waals surface area contributed by atoms with Crippen LogP contribution in [-0.4, -0.2) is 12.3 Å². The maximum absolute atomic E-state index is 13.6. The average Bonchev–Trinajstić information content (AvgIpc) is 2.25. The molecule has 0 aromatic carbocycles. The lowest BCUT2D eigenvalue weighted by molar-refractivity contribution is 0.145. The van der Waals surface area contributed by atoms with Gasteiger partial charge in [-0.2, -0.15) is 4.20 Å². The first kappa shape index (κ1) is 14.2. The van der Waals surface area contributed by atoms with Crippen molar-refractivity contribution >= 4 is 7.68 Å². The van der Waals surface area contributed by atoms with Gasteiger partial charge in [-0.3, -0.25) is 4.57 Å². The van der Waals surface area contributed by atoms with Gasteiger partial charge in [-0.15, -0.1) is 0 Å². The van der Waals surface area contributed by atoms with Crippen LogP contribution in [0.4, 0.5) is 4.20 Å². The van der Waals surface area contributed by atoms with Crippen LogP contribution < -0.4 is 0 Å². The van der Waals surface area contributed by atoms with E-state index in [2.05, 4.69) is 6.92 Å². The molecule has 0 aromatic rings. The highest BCUT2D eigenvalue weighted by molar-refractivity contribution is 7.53. The molecule has 16 heavy (non-hydrogen) atoms. The van der Waals surface area contributed by atoms with Crippen molar-refractivity contribution in [3.05, 3.63) is 0 Å². The molecule has 1 atom stereocenters. The second-order valence-electron chi connectivity index (χ2n) is 4.74. The van der Waals surface area contributed by atoms with Crippen molar-refractivity contribution in [1.29, 1.82) is 0 Å². The number of hydrogen-bond acceptors (Lipinski definition) is 2. The van der Waals surface area contributed by atoms with Crippen molar-refractivity contribution < 1.29 is 13.3 Å². The summed E-state index contributed by atoms with van der Waals surface area (Å²) in [5.41, 5.74) is 0. The average molecular weight is 250 g/mol. The summed E-state index contributed by atoms with van der Waals surface area (Å²) in [7, 11) is -3.80. The minimum absolute atomic E-state index is 0.0873. The Labute approximate surface area is 98.5 Å². The fourth-order valence-corrected chi connectivity index (χ4v) is 3.54. The van der Waals surface area contributed by atoms with Crippen LogP contribution in [0, 0.1) is 0 Å². The first-order valence-electron chi connectivity index (χ1n) is 6.61. The molecule has 0 bridgehead atoms. The summed E-state index contributed by atoms with van der Waals surface area (Å²) in [6.45, 7) is 2.10. The third-order valence-corrected chi connectivity index (χ3v) is 4.60. The van der Waals surface area contributed by atoms with E-state index in [-0.39, 0.29) is 12.3 Å². The third kappa shape index (κ3) is 6.00. The Hall–Kier alpha value is 0.120. The SMILES string of the molecule is CCCCCCP(=O)(F)OC1CCCCC1. The molecule has 4 heteroatoms. The Balaban J connectivity index is 2.19. The highest BCUT2D eigenvalue weighted by atomic mass is 31.2. The first-order chi connectivity index (χ1) is 7.64. The number of rotatable bonds is 7. The molecule has 1 aliphatic carbocycles. The van der Waals surface area contributed by atoms with Gasteiger partial charge >= 0.3 is 7.68 Å². The van der Waals surface area contributed by atoms with Gasteiger partial charge in [-0.05, 0) is 19.3 Å². The maximum atomic E-state index is 13.6. The molecular formula is C12H24FO2P. The van der Waals surface area contributed by atoms with E-state index in [1.165, 1.54) is 6.42 Å². The van der Waals surface area contributed by atoms with Gasteiger partial charge in [0.25, 0.3) is 0 Å². The first-order valence-corrected chi connectivity index (χ1v) is 8.31. The van der Waals surface area contributed by atoms with Crippen LogP contribution in [0.25, 0.3) is 0 Å². The molecule has 0 N–H and O–H groups in total. The second kappa shape index (κ2) is 7.45. The summed E-state index contributed by atoms with van der Waals surface area (Å²) in [5, 5.41) is 0. The predicted molar refractivity (Wildman–Crippen MR) is 65.7 cm³/mol. The maximum Gasteiger partial charge on any atom is 0.367 e. The Morgan fingerprint density at radius 2 is 1.88 bits per heavy atom. The summed E-state index contributed by atoms with van der Waals surface area (Å²) in [6.07, 6.45) is 9.00. The molecule has 1 rings (SSSR count). The van der Waals surface area contributed by atoms with Gasteiger partial charge in [0.2, 0.25) is 0 Å². The van der Waals surface area contributed by atoms with Gasteiger partial charge in [0, 0.05) is 0 Å². The summed E-state index contributed by atoms with van der Waals surface area (Å²) < 4.78 is 30.3. The van der Waals surface area contributed by atoms with Crippen molar-refractivity contribution in [3.63, 3.8) is 0 Å². The lowest BCUT2D eigenvalue weighted by atomic mass is 9.98. The van der Waals surface area contributed by atoms with Gasteiger partial charge in [-0.1, -0.05) is 45.4 Å². The minimum Gasteiger partial charge on any atom is -0.302 e. The van der Waals surface area contributed by atoms with Crippen LogP contribution in [0.3, 0.4) is 0 Å². The summed E-state index contributed by atoms with van der Waals surface area (Å²) in [6, 6.07) is 0. The zero-order valence-corrected chi connectivity index (χ0v) is 11.2. The molecule has 0 amide bonds. The van der Waals surface area contributed by atoms with E-state index in [4.69, 9.17) is 4.52 Å². The topological polar surface area (TPSA) is 26.3 Å². The van der Waals surface area contributed by atoms with E-state index < -0.39 is 7.68 Å². The molecule has 0 saturated heterocycles. The lowest BCUT2D eigenvalue weighted by Crippen LogP contribution is -2.15. The van der Waals surface area contributed by atoms with E-state index in [9.17, 15) is 8.76 Å². The van der Waals surface area contributed by atoms with Crippen molar-refractivity contribution in [2.24, 2.45) is 0 Å². The Bertz CT molecular complexity index is 227. The predicted octanol–water partition coefficient (Wildman–Crippen LogP) is 5.08. The molecule has 0 aliphatic heterocycles. The standard InChI is InChI=1S/C12H24FO2P/c1-2-3-4-8-11-16(13,14)15-12-9-6-5-7-10-12/h12H,2-11H2,1H3. The summed E-state index contributed by atoms with van der Waals surface area (Å²) >= 11 is 0. The van der Waals surface area contributed by atoms with E-state index in [1.807, 2.05) is 0 Å². The lowest BCUT2D eigenvalue weighted by Gasteiger charge is -2.23. The third-order valence-electron chi connectivity index (χ3n) is 3.14. The molecule has 0 aromatic heterocycles. The number of hydrogen-bond donors (Lipinski definition) is 0. The van der Waals surface area contributed by atoms with Crippen molar-refractivity contribution in [1.82, 2.24) is 0 Å². The molecule has 1 saturated carbocycles. The van der Waals surface area contributed by atoms with Crippen LogP contribution in [-0.2, 0) is 9.09 Å². The molecule has 96 valence electrons. The monoisotopic (exact) mass is 250 g/mol. The molecule has 1 aliphatic rings. The van der Waals surface area contributed by atoms with Crippen LogP contribution in [0.15, 0.2) is 0 Å². The van der Waals surface area contributed by atoms with Crippen LogP contribution in [0.5, 0.6) is 0 Å². The van der Waals surface area contributed by atoms with Gasteiger partial charge in [0.1, 0.15) is 0 Å². The summed E-state index contributed by atoms with van der Waals surface area (Å²) in [5.74, 6) is 0. The highest BCUT2D eigenvalue weighted by Gasteiger charge is 2.27. The van der Waals surface area contributed by atoms with Crippen LogP contribution >= 0.6 is 7.68 Å². The zero-order valence-electron chi connectivity index (χ0n) is 10.3. The normalized spacial score (nSPS) is 21.9. The number of halogens is 1. The van der Waals surface area contributed by atoms with Crippen molar-refractivity contribution in [3.8, 4) is 0 Å². The Morgan fingerprint density at radius 3 is 2.50 bits per heavy atom. The van der Waals surface area contributed by atoms with Crippen LogP contribution in [0.2, 0.25) is 0 Å². The molecule has 0 heterocycles. The zero-order chi connectivity index (χ0) is 11.9. The van der Waals surface area contributed by atoms with Gasteiger partial charge in [-0.25, -0.2) is 0 Å². The van der Waals surface area contributed by atoms with E-state index >= 15 is 0 Å². The summed E-state index contributed by atoms with van der Waals surface area (Å²) in [4.78, 5) is 0. The molecule has 0 spiro atoms. The quantitative estimate of drug-likeness (QED) is 0.465. The molecular weight excluding hydrogens is 226 g/mol. The Morgan fingerprint density at radius 1 is 1.19 bits per heavy atom. The van der Waals surface area contributed by atoms with Gasteiger partial charge < -0.3 is 4.52 Å². The smallest absolute Gasteiger partial charge is 0.302 e.